The standard InChI is InChI=1S/C29H30ClN5O2S/c1-19(20-8-12-23(30)13-9-20)31-32-26(36)18-38-28-34-33-27(21-6-10-22(11-7-21)29(2,3)4)35(28)24-14-16-25(37-5)17-15-24/h6-17H,18H2,1-5H3,(H,32,36). The molecule has 1 heterocycles. The largest absolute Gasteiger partial charge is 0.497 e. The lowest BCUT2D eigenvalue weighted by Gasteiger charge is -2.19. The lowest BCUT2D eigenvalue weighted by Crippen LogP contribution is -2.21. The van der Waals surface area contributed by atoms with Gasteiger partial charge in [0.05, 0.1) is 18.6 Å². The molecule has 3 aromatic carbocycles. The number of nitrogens with one attached hydrogen (secondary N) is 1. The van der Waals surface area contributed by atoms with Crippen molar-refractivity contribution >= 4 is 35.0 Å². The smallest absolute Gasteiger partial charge is 0.250 e. The van der Waals surface area contributed by atoms with E-state index in [2.05, 4.69) is 65.8 Å². The predicted octanol–water partition coefficient (Wildman–Crippen LogP) is 6.53. The minimum absolute atomic E-state index is 0.0466. The maximum Gasteiger partial charge on any atom is 0.250 e. The molecule has 0 saturated carbocycles. The van der Waals surface area contributed by atoms with Gasteiger partial charge in [0.1, 0.15) is 5.75 Å². The molecule has 0 aliphatic carbocycles. The molecule has 0 aliphatic heterocycles. The Morgan fingerprint density at radius 1 is 1.00 bits per heavy atom. The van der Waals surface area contributed by atoms with Crippen LogP contribution in [-0.4, -0.2) is 39.2 Å². The van der Waals surface area contributed by atoms with Gasteiger partial charge >= 0.3 is 0 Å². The van der Waals surface area contributed by atoms with Crippen LogP contribution in [0.15, 0.2) is 83.1 Å². The molecule has 0 aliphatic rings. The minimum atomic E-state index is -0.247. The van der Waals surface area contributed by atoms with E-state index >= 15 is 0 Å². The molecule has 0 spiro atoms. The van der Waals surface area contributed by atoms with Crippen LogP contribution in [0.2, 0.25) is 5.02 Å². The van der Waals surface area contributed by atoms with Crippen LogP contribution >= 0.6 is 23.4 Å². The summed E-state index contributed by atoms with van der Waals surface area (Å²) >= 11 is 7.24. The van der Waals surface area contributed by atoms with Gasteiger partial charge in [-0.05, 0) is 59.9 Å². The number of benzene rings is 3. The van der Waals surface area contributed by atoms with Crippen molar-refractivity contribution < 1.29 is 9.53 Å². The molecule has 1 N–H and O–H groups in total. The summed E-state index contributed by atoms with van der Waals surface area (Å²) in [4.78, 5) is 12.6. The number of ether oxygens (including phenoxy) is 1. The van der Waals surface area contributed by atoms with Crippen LogP contribution in [0.3, 0.4) is 0 Å². The van der Waals surface area contributed by atoms with Crippen molar-refractivity contribution in [3.63, 3.8) is 0 Å². The summed E-state index contributed by atoms with van der Waals surface area (Å²) < 4.78 is 7.27. The molecule has 0 saturated heterocycles. The van der Waals surface area contributed by atoms with Gasteiger partial charge in [0, 0.05) is 16.3 Å². The zero-order valence-corrected chi connectivity index (χ0v) is 23.6. The highest BCUT2D eigenvalue weighted by atomic mass is 35.5. The topological polar surface area (TPSA) is 81.4 Å². The summed E-state index contributed by atoms with van der Waals surface area (Å²) in [5.41, 5.74) is 7.26. The van der Waals surface area contributed by atoms with E-state index in [-0.39, 0.29) is 17.1 Å². The van der Waals surface area contributed by atoms with E-state index in [1.807, 2.05) is 47.9 Å². The van der Waals surface area contributed by atoms with Gasteiger partial charge in [0.15, 0.2) is 11.0 Å². The lowest BCUT2D eigenvalue weighted by molar-refractivity contribution is -0.118. The van der Waals surface area contributed by atoms with Gasteiger partial charge in [-0.2, -0.15) is 5.10 Å². The molecule has 0 radical (unpaired) electrons. The van der Waals surface area contributed by atoms with Crippen LogP contribution < -0.4 is 10.2 Å². The highest BCUT2D eigenvalue weighted by molar-refractivity contribution is 7.99. The van der Waals surface area contributed by atoms with E-state index in [1.54, 1.807) is 19.2 Å². The van der Waals surface area contributed by atoms with Crippen molar-refractivity contribution in [2.45, 2.75) is 38.3 Å². The summed E-state index contributed by atoms with van der Waals surface area (Å²) in [6, 6.07) is 23.3. The summed E-state index contributed by atoms with van der Waals surface area (Å²) in [6.45, 7) is 8.38. The van der Waals surface area contributed by atoms with E-state index in [1.165, 1.54) is 17.3 Å². The van der Waals surface area contributed by atoms with Crippen molar-refractivity contribution in [1.29, 1.82) is 0 Å². The predicted molar refractivity (Wildman–Crippen MR) is 155 cm³/mol. The maximum absolute atomic E-state index is 12.6. The SMILES string of the molecule is COc1ccc(-n2c(SCC(=O)NN=C(C)c3ccc(Cl)cc3)nnc2-c2ccc(C(C)(C)C)cc2)cc1. The number of amides is 1. The Balaban J connectivity index is 1.56. The second-order valence-electron chi connectivity index (χ2n) is 9.69. The summed E-state index contributed by atoms with van der Waals surface area (Å²) in [5.74, 6) is 1.31. The van der Waals surface area contributed by atoms with Crippen molar-refractivity contribution in [3.8, 4) is 22.8 Å². The van der Waals surface area contributed by atoms with Crippen molar-refractivity contribution in [1.82, 2.24) is 20.2 Å². The van der Waals surface area contributed by atoms with E-state index in [0.29, 0.717) is 21.7 Å². The third-order valence-corrected chi connectivity index (χ3v) is 7.10. The second-order valence-corrected chi connectivity index (χ2v) is 11.1. The summed E-state index contributed by atoms with van der Waals surface area (Å²) in [7, 11) is 1.63. The number of hydrogen-bond donors (Lipinski definition) is 1. The van der Waals surface area contributed by atoms with Crippen LogP contribution in [0, 0.1) is 0 Å². The Kier molecular flexibility index (Phi) is 8.54. The van der Waals surface area contributed by atoms with Gasteiger partial charge in [-0.25, -0.2) is 5.43 Å². The van der Waals surface area contributed by atoms with Crippen LogP contribution in [0.1, 0.15) is 38.8 Å². The van der Waals surface area contributed by atoms with Crippen molar-refractivity contribution in [2.24, 2.45) is 5.10 Å². The highest BCUT2D eigenvalue weighted by Crippen LogP contribution is 2.30. The Labute approximate surface area is 232 Å². The molecule has 0 atom stereocenters. The lowest BCUT2D eigenvalue weighted by atomic mass is 9.87. The first-order valence-electron chi connectivity index (χ1n) is 12.1. The summed E-state index contributed by atoms with van der Waals surface area (Å²) in [6.07, 6.45) is 0. The molecule has 1 aromatic heterocycles. The first-order chi connectivity index (χ1) is 18.2. The number of halogens is 1. The Morgan fingerprint density at radius 3 is 2.26 bits per heavy atom. The third-order valence-electron chi connectivity index (χ3n) is 5.92. The van der Waals surface area contributed by atoms with E-state index < -0.39 is 0 Å². The monoisotopic (exact) mass is 547 g/mol. The molecule has 0 unspecified atom stereocenters. The first kappa shape index (κ1) is 27.4. The van der Waals surface area contributed by atoms with E-state index in [9.17, 15) is 4.79 Å². The number of carbonyl (C=O) groups excluding carboxylic acids is 1. The van der Waals surface area contributed by atoms with Crippen LogP contribution in [-0.2, 0) is 10.2 Å². The fourth-order valence-electron chi connectivity index (χ4n) is 3.70. The van der Waals surface area contributed by atoms with Crippen molar-refractivity contribution in [2.75, 3.05) is 12.9 Å². The van der Waals surface area contributed by atoms with Crippen LogP contribution in [0.25, 0.3) is 17.1 Å². The maximum atomic E-state index is 12.6. The van der Waals surface area contributed by atoms with Crippen LogP contribution in [0.4, 0.5) is 0 Å². The fourth-order valence-corrected chi connectivity index (χ4v) is 4.57. The molecule has 0 fully saturated rings. The number of hydrazone groups is 1. The molecule has 1 amide bonds. The molecule has 38 heavy (non-hydrogen) atoms. The molecule has 196 valence electrons. The molecule has 4 aromatic rings. The zero-order chi connectivity index (χ0) is 27.3. The Bertz CT molecular complexity index is 1420. The number of hydrogen-bond acceptors (Lipinski definition) is 6. The van der Waals surface area contributed by atoms with E-state index in [0.717, 1.165) is 22.6 Å². The summed E-state index contributed by atoms with van der Waals surface area (Å²) in [5, 5.41) is 14.4. The molecular formula is C29H30ClN5O2S. The number of carbonyl (C=O) groups is 1. The molecule has 9 heteroatoms. The second kappa shape index (κ2) is 11.8. The normalized spacial score (nSPS) is 11.9. The number of rotatable bonds is 8. The first-order valence-corrected chi connectivity index (χ1v) is 13.4. The van der Waals surface area contributed by atoms with Crippen molar-refractivity contribution in [3.05, 3.63) is 88.9 Å². The van der Waals surface area contributed by atoms with Gasteiger partial charge in [-0.15, -0.1) is 10.2 Å². The van der Waals surface area contributed by atoms with Gasteiger partial charge in [-0.1, -0.05) is 80.5 Å². The Hall–Kier alpha value is -3.62. The molecular weight excluding hydrogens is 518 g/mol. The van der Waals surface area contributed by atoms with Gasteiger partial charge < -0.3 is 4.74 Å². The molecule has 7 nitrogen and oxygen atoms in total. The number of nitrogens with zero attached hydrogens (tertiary/aromatic N) is 4. The van der Waals surface area contributed by atoms with Crippen LogP contribution in [0.5, 0.6) is 5.75 Å². The molecule has 0 bridgehead atoms. The molecule has 4 rings (SSSR count). The number of thioether (sulfide) groups is 1. The quantitative estimate of drug-likeness (QED) is 0.154. The number of aromatic nitrogens is 3. The number of methoxy groups -OCH3 is 1. The third kappa shape index (κ3) is 6.62. The minimum Gasteiger partial charge on any atom is -0.497 e. The zero-order valence-electron chi connectivity index (χ0n) is 22.0. The van der Waals surface area contributed by atoms with Gasteiger partial charge in [0.2, 0.25) is 0 Å². The average molecular weight is 548 g/mol. The van der Waals surface area contributed by atoms with Gasteiger partial charge in [0.25, 0.3) is 5.91 Å². The van der Waals surface area contributed by atoms with E-state index in [4.69, 9.17) is 16.3 Å². The van der Waals surface area contributed by atoms with Gasteiger partial charge in [-0.3, -0.25) is 9.36 Å². The average Bonchev–Trinajstić information content (AvgIpc) is 3.34. The fraction of sp³-hybridized carbons (Fsp3) is 0.241. The Morgan fingerprint density at radius 2 is 1.66 bits per heavy atom. The highest BCUT2D eigenvalue weighted by Gasteiger charge is 2.19.